The fourth-order valence-corrected chi connectivity index (χ4v) is 3.86. The number of thiazole rings is 1. The number of benzene rings is 1. The maximum Gasteiger partial charge on any atom is 0.308 e. The number of aromatic nitrogens is 1. The lowest BCUT2D eigenvalue weighted by Crippen LogP contribution is -2.40. The molecule has 1 fully saturated rings. The number of hydrogen-bond donors (Lipinski definition) is 0. The second-order valence-corrected chi connectivity index (χ2v) is 7.18. The first kappa shape index (κ1) is 18.4. The molecule has 0 aliphatic carbocycles. The molecule has 1 saturated heterocycles. The van der Waals surface area contributed by atoms with Crippen LogP contribution in [0.15, 0.2) is 29.6 Å². The molecular weight excluding hydrogens is 352 g/mol. The number of nitrogens with zero attached hydrogens (tertiary/aromatic N) is 2. The highest BCUT2D eigenvalue weighted by molar-refractivity contribution is 7.09. The van der Waals surface area contributed by atoms with Gasteiger partial charge in [-0.25, -0.2) is 4.98 Å². The van der Waals surface area contributed by atoms with Crippen molar-refractivity contribution in [2.75, 3.05) is 27.3 Å². The van der Waals surface area contributed by atoms with E-state index in [0.717, 1.165) is 16.3 Å². The highest BCUT2D eigenvalue weighted by Gasteiger charge is 2.29. The van der Waals surface area contributed by atoms with Crippen LogP contribution in [0.2, 0.25) is 0 Å². The molecule has 138 valence electrons. The summed E-state index contributed by atoms with van der Waals surface area (Å²) in [6.07, 6.45) is 1.97. The van der Waals surface area contributed by atoms with Gasteiger partial charge < -0.3 is 14.4 Å². The van der Waals surface area contributed by atoms with Crippen molar-refractivity contribution in [3.63, 3.8) is 0 Å². The van der Waals surface area contributed by atoms with Gasteiger partial charge in [-0.1, -0.05) is 12.1 Å². The smallest absolute Gasteiger partial charge is 0.308 e. The Morgan fingerprint density at radius 1 is 1.19 bits per heavy atom. The standard InChI is InChI=1S/C19H22N2O4S/c1-24-15-5-3-13(4-6-15)11-17-20-16(12-26-17)18(22)21-9-7-14(8-10-21)19(23)25-2/h3-6,12,14H,7-11H2,1-2H3. The molecule has 1 aliphatic rings. The van der Waals surface area contributed by atoms with E-state index >= 15 is 0 Å². The van der Waals surface area contributed by atoms with Crippen LogP contribution < -0.4 is 4.74 Å². The number of methoxy groups -OCH3 is 2. The summed E-state index contributed by atoms with van der Waals surface area (Å²) in [5.41, 5.74) is 1.60. The number of piperidine rings is 1. The van der Waals surface area contributed by atoms with E-state index in [1.165, 1.54) is 18.4 Å². The Morgan fingerprint density at radius 3 is 2.50 bits per heavy atom. The molecule has 1 amide bonds. The van der Waals surface area contributed by atoms with E-state index < -0.39 is 0 Å². The normalized spacial score (nSPS) is 14.9. The number of esters is 1. The Bertz CT molecular complexity index is 764. The minimum Gasteiger partial charge on any atom is -0.497 e. The van der Waals surface area contributed by atoms with E-state index in [-0.39, 0.29) is 17.8 Å². The number of carbonyl (C=O) groups is 2. The van der Waals surface area contributed by atoms with Gasteiger partial charge in [-0.3, -0.25) is 9.59 Å². The fourth-order valence-electron chi connectivity index (χ4n) is 3.06. The summed E-state index contributed by atoms with van der Waals surface area (Å²) in [7, 11) is 3.04. The Labute approximate surface area is 156 Å². The molecule has 0 bridgehead atoms. The third-order valence-corrected chi connectivity index (χ3v) is 5.45. The molecule has 0 saturated carbocycles. The Hall–Kier alpha value is -2.41. The number of amides is 1. The van der Waals surface area contributed by atoms with Crippen molar-refractivity contribution in [3.8, 4) is 5.75 Å². The van der Waals surface area contributed by atoms with E-state index in [4.69, 9.17) is 9.47 Å². The van der Waals surface area contributed by atoms with Crippen LogP contribution >= 0.6 is 11.3 Å². The first-order valence-electron chi connectivity index (χ1n) is 8.55. The van der Waals surface area contributed by atoms with Gasteiger partial charge in [-0.2, -0.15) is 0 Å². The average molecular weight is 374 g/mol. The summed E-state index contributed by atoms with van der Waals surface area (Å²) in [6.45, 7) is 1.12. The quantitative estimate of drug-likeness (QED) is 0.753. The van der Waals surface area contributed by atoms with E-state index in [1.807, 2.05) is 29.6 Å². The van der Waals surface area contributed by atoms with E-state index in [2.05, 4.69) is 4.98 Å². The second-order valence-electron chi connectivity index (χ2n) is 6.24. The van der Waals surface area contributed by atoms with Crippen LogP contribution in [0.25, 0.3) is 0 Å². The number of rotatable bonds is 5. The predicted molar refractivity (Wildman–Crippen MR) is 98.6 cm³/mol. The summed E-state index contributed by atoms with van der Waals surface area (Å²) >= 11 is 1.49. The fraction of sp³-hybridized carbons (Fsp3) is 0.421. The molecular formula is C19H22N2O4S. The molecule has 7 heteroatoms. The van der Waals surface area contributed by atoms with Gasteiger partial charge in [0.05, 0.1) is 25.1 Å². The highest BCUT2D eigenvalue weighted by Crippen LogP contribution is 2.22. The summed E-state index contributed by atoms with van der Waals surface area (Å²) in [4.78, 5) is 30.5. The van der Waals surface area contributed by atoms with Gasteiger partial charge in [0.15, 0.2) is 0 Å². The molecule has 0 unspecified atom stereocenters. The summed E-state index contributed by atoms with van der Waals surface area (Å²) < 4.78 is 9.94. The largest absolute Gasteiger partial charge is 0.497 e. The first-order valence-corrected chi connectivity index (χ1v) is 9.43. The van der Waals surface area contributed by atoms with Crippen LogP contribution in [0, 0.1) is 5.92 Å². The van der Waals surface area contributed by atoms with Crippen LogP contribution in [-0.2, 0) is 16.0 Å². The molecule has 0 N–H and O–H groups in total. The van der Waals surface area contributed by atoms with Gasteiger partial charge in [-0.05, 0) is 30.5 Å². The molecule has 1 aromatic carbocycles. The second kappa shape index (κ2) is 8.31. The summed E-state index contributed by atoms with van der Waals surface area (Å²) in [5, 5.41) is 2.72. The lowest BCUT2D eigenvalue weighted by Gasteiger charge is -2.30. The van der Waals surface area contributed by atoms with Gasteiger partial charge in [0.25, 0.3) is 5.91 Å². The number of carbonyl (C=O) groups excluding carboxylic acids is 2. The van der Waals surface area contributed by atoms with Crippen LogP contribution in [0.5, 0.6) is 5.75 Å². The Kier molecular flexibility index (Phi) is 5.88. The number of likely N-dealkylation sites (tertiary alicyclic amines) is 1. The summed E-state index contributed by atoms with van der Waals surface area (Å²) in [6, 6.07) is 7.83. The average Bonchev–Trinajstić information content (AvgIpc) is 3.16. The lowest BCUT2D eigenvalue weighted by atomic mass is 9.97. The molecule has 6 nitrogen and oxygen atoms in total. The minimum absolute atomic E-state index is 0.0643. The van der Waals surface area contributed by atoms with Crippen molar-refractivity contribution in [1.29, 1.82) is 0 Å². The number of hydrogen-bond acceptors (Lipinski definition) is 6. The molecule has 1 aliphatic heterocycles. The molecule has 3 rings (SSSR count). The maximum atomic E-state index is 12.6. The van der Waals surface area contributed by atoms with Gasteiger partial charge in [-0.15, -0.1) is 11.3 Å². The zero-order valence-electron chi connectivity index (χ0n) is 14.9. The third kappa shape index (κ3) is 4.22. The van der Waals surface area contributed by atoms with Gasteiger partial charge in [0, 0.05) is 24.9 Å². The molecule has 2 aromatic rings. The maximum absolute atomic E-state index is 12.6. The van der Waals surface area contributed by atoms with E-state index in [0.29, 0.717) is 38.0 Å². The highest BCUT2D eigenvalue weighted by atomic mass is 32.1. The van der Waals surface area contributed by atoms with Crippen molar-refractivity contribution in [2.45, 2.75) is 19.3 Å². The molecule has 0 spiro atoms. The summed E-state index contributed by atoms with van der Waals surface area (Å²) in [5.74, 6) is 0.460. The van der Waals surface area contributed by atoms with Gasteiger partial charge in [0.1, 0.15) is 11.4 Å². The lowest BCUT2D eigenvalue weighted by molar-refractivity contribution is -0.146. The van der Waals surface area contributed by atoms with Crippen LogP contribution in [0.1, 0.15) is 33.9 Å². The third-order valence-electron chi connectivity index (χ3n) is 4.60. The van der Waals surface area contributed by atoms with E-state index in [1.54, 1.807) is 12.0 Å². The molecule has 2 heterocycles. The van der Waals surface area contributed by atoms with Gasteiger partial charge in [0.2, 0.25) is 0 Å². The zero-order chi connectivity index (χ0) is 18.5. The molecule has 26 heavy (non-hydrogen) atoms. The first-order chi connectivity index (χ1) is 12.6. The SMILES string of the molecule is COC(=O)C1CCN(C(=O)c2csc(Cc3ccc(OC)cc3)n2)CC1. The van der Waals surface area contributed by atoms with Crippen molar-refractivity contribution in [2.24, 2.45) is 5.92 Å². The van der Waals surface area contributed by atoms with Crippen LogP contribution in [0.4, 0.5) is 0 Å². The minimum atomic E-state index is -0.187. The Morgan fingerprint density at radius 2 is 1.88 bits per heavy atom. The van der Waals surface area contributed by atoms with Crippen LogP contribution in [0.3, 0.4) is 0 Å². The monoisotopic (exact) mass is 374 g/mol. The van der Waals surface area contributed by atoms with Crippen molar-refractivity contribution >= 4 is 23.2 Å². The molecule has 0 radical (unpaired) electrons. The van der Waals surface area contributed by atoms with Crippen molar-refractivity contribution in [3.05, 3.63) is 45.9 Å². The van der Waals surface area contributed by atoms with Crippen molar-refractivity contribution < 1.29 is 19.1 Å². The van der Waals surface area contributed by atoms with Gasteiger partial charge >= 0.3 is 5.97 Å². The van der Waals surface area contributed by atoms with Crippen molar-refractivity contribution in [1.82, 2.24) is 9.88 Å². The zero-order valence-corrected chi connectivity index (χ0v) is 15.8. The Balaban J connectivity index is 1.58. The molecule has 1 aromatic heterocycles. The predicted octanol–water partition coefficient (Wildman–Crippen LogP) is 2.77. The number of ether oxygens (including phenoxy) is 2. The van der Waals surface area contributed by atoms with Crippen LogP contribution in [-0.4, -0.2) is 49.1 Å². The van der Waals surface area contributed by atoms with E-state index in [9.17, 15) is 9.59 Å². The topological polar surface area (TPSA) is 68.7 Å². The molecule has 0 atom stereocenters.